The third kappa shape index (κ3) is 17.9. The van der Waals surface area contributed by atoms with Crippen molar-refractivity contribution in [3.05, 3.63) is 0 Å². The molecule has 0 aliphatic rings. The van der Waals surface area contributed by atoms with E-state index in [1.54, 1.807) is 0 Å². The van der Waals surface area contributed by atoms with E-state index in [0.29, 0.717) is 13.2 Å². The van der Waals surface area contributed by atoms with Crippen LogP contribution < -0.4 is 10.4 Å². The molecule has 0 heterocycles. The van der Waals surface area contributed by atoms with Crippen molar-refractivity contribution < 1.29 is 19.5 Å². The number of hydrogen-bond donors (Lipinski definition) is 2. The van der Waals surface area contributed by atoms with Crippen LogP contribution in [0.2, 0.25) is 0 Å². The lowest BCUT2D eigenvalue weighted by molar-refractivity contribution is -0.923. The van der Waals surface area contributed by atoms with E-state index in [-0.39, 0.29) is 17.0 Å². The molecular formula is C17H39BrN2O3. The van der Waals surface area contributed by atoms with E-state index < -0.39 is 6.09 Å². The van der Waals surface area contributed by atoms with Crippen molar-refractivity contribution in [3.63, 3.8) is 0 Å². The van der Waals surface area contributed by atoms with Gasteiger partial charge in [0.15, 0.2) is 0 Å². The molecule has 23 heavy (non-hydrogen) atoms. The SMILES string of the molecule is Br.CCCCCCCCNC(=O)[O-].CC[N+](CC)(CC)CCO. The summed E-state index contributed by atoms with van der Waals surface area (Å²) >= 11 is 0. The Balaban J connectivity index is -0.000000338. The van der Waals surface area contributed by atoms with Gasteiger partial charge in [-0.1, -0.05) is 39.0 Å². The van der Waals surface area contributed by atoms with E-state index >= 15 is 0 Å². The first-order valence-electron chi connectivity index (χ1n) is 8.92. The lowest BCUT2D eigenvalue weighted by Gasteiger charge is -2.34. The van der Waals surface area contributed by atoms with Crippen molar-refractivity contribution in [2.45, 2.75) is 66.2 Å². The smallest absolute Gasteiger partial charge is 0.134 e. The molecule has 0 aliphatic carbocycles. The molecule has 0 radical (unpaired) electrons. The van der Waals surface area contributed by atoms with Gasteiger partial charge in [-0.15, -0.1) is 17.0 Å². The highest BCUT2D eigenvalue weighted by atomic mass is 79.9. The predicted molar refractivity (Wildman–Crippen MR) is 101 cm³/mol. The standard InChI is InChI=1S/C9H19NO2.C8H20NO.BrH/c1-2-3-4-5-6-7-8-10-9(11)12;1-4-9(5-2,6-3)7-8-10;/h10H,2-8H2,1H3,(H,11,12);10H,4-8H2,1-3H3;1H/q;+1;/p-1. The van der Waals surface area contributed by atoms with E-state index in [1.165, 1.54) is 25.7 Å². The van der Waals surface area contributed by atoms with Gasteiger partial charge in [0.1, 0.15) is 12.6 Å². The van der Waals surface area contributed by atoms with Crippen LogP contribution in [0.1, 0.15) is 66.2 Å². The minimum absolute atomic E-state index is 0. The van der Waals surface area contributed by atoms with E-state index in [0.717, 1.165) is 43.5 Å². The van der Waals surface area contributed by atoms with Gasteiger partial charge in [-0.05, 0) is 27.2 Å². The minimum atomic E-state index is -1.16. The third-order valence-corrected chi connectivity index (χ3v) is 4.39. The van der Waals surface area contributed by atoms with Gasteiger partial charge >= 0.3 is 0 Å². The molecule has 0 saturated heterocycles. The number of unbranched alkanes of at least 4 members (excludes halogenated alkanes) is 5. The number of aliphatic hydroxyl groups is 1. The normalized spacial score (nSPS) is 10.3. The Morgan fingerprint density at radius 3 is 1.78 bits per heavy atom. The minimum Gasteiger partial charge on any atom is -0.530 e. The molecule has 0 saturated carbocycles. The van der Waals surface area contributed by atoms with Gasteiger partial charge in [-0.2, -0.15) is 0 Å². The Morgan fingerprint density at radius 2 is 1.43 bits per heavy atom. The monoisotopic (exact) mass is 398 g/mol. The third-order valence-electron chi connectivity index (χ3n) is 4.39. The number of rotatable bonds is 12. The molecule has 0 aromatic heterocycles. The number of amides is 1. The van der Waals surface area contributed by atoms with E-state index in [4.69, 9.17) is 5.11 Å². The molecular weight excluding hydrogens is 360 g/mol. The van der Waals surface area contributed by atoms with Gasteiger partial charge in [0.25, 0.3) is 0 Å². The van der Waals surface area contributed by atoms with Crippen LogP contribution in [0.5, 0.6) is 0 Å². The summed E-state index contributed by atoms with van der Waals surface area (Å²) < 4.78 is 1.05. The second-order valence-electron chi connectivity index (χ2n) is 5.72. The van der Waals surface area contributed by atoms with Crippen molar-refractivity contribution >= 4 is 23.1 Å². The first-order valence-corrected chi connectivity index (χ1v) is 8.92. The number of carbonyl (C=O) groups is 1. The zero-order valence-electron chi connectivity index (χ0n) is 15.6. The Hall–Kier alpha value is -0.330. The fourth-order valence-electron chi connectivity index (χ4n) is 2.45. The zero-order valence-corrected chi connectivity index (χ0v) is 17.3. The second kappa shape index (κ2) is 19.7. The van der Waals surface area contributed by atoms with Crippen LogP contribution in [-0.4, -0.2) is 55.0 Å². The Morgan fingerprint density at radius 1 is 0.957 bits per heavy atom. The molecule has 5 nitrogen and oxygen atoms in total. The van der Waals surface area contributed by atoms with Gasteiger partial charge < -0.3 is 24.8 Å². The molecule has 0 aliphatic heterocycles. The maximum Gasteiger partial charge on any atom is 0.134 e. The van der Waals surface area contributed by atoms with Crippen LogP contribution in [0.3, 0.4) is 0 Å². The lowest BCUT2D eigenvalue weighted by Crippen LogP contribution is -2.49. The average molecular weight is 399 g/mol. The van der Waals surface area contributed by atoms with E-state index in [1.807, 2.05) is 0 Å². The Labute approximate surface area is 153 Å². The van der Waals surface area contributed by atoms with Gasteiger partial charge in [0.2, 0.25) is 0 Å². The van der Waals surface area contributed by atoms with E-state index in [2.05, 4.69) is 33.0 Å². The lowest BCUT2D eigenvalue weighted by atomic mass is 10.1. The van der Waals surface area contributed by atoms with Crippen molar-refractivity contribution in [2.75, 3.05) is 39.3 Å². The van der Waals surface area contributed by atoms with Gasteiger partial charge in [0, 0.05) is 6.54 Å². The number of nitrogens with zero attached hydrogens (tertiary/aromatic N) is 1. The van der Waals surface area contributed by atoms with Gasteiger partial charge in [-0.25, -0.2) is 0 Å². The Bertz CT molecular complexity index is 242. The second-order valence-corrected chi connectivity index (χ2v) is 5.72. The van der Waals surface area contributed by atoms with Gasteiger partial charge in [0.05, 0.1) is 26.2 Å². The number of halogens is 1. The topological polar surface area (TPSA) is 72.4 Å². The number of carbonyl (C=O) groups excluding carboxylic acids is 1. The summed E-state index contributed by atoms with van der Waals surface area (Å²) in [6.07, 6.45) is 5.89. The van der Waals surface area contributed by atoms with Crippen LogP contribution >= 0.6 is 17.0 Å². The first kappa shape index (κ1) is 27.5. The zero-order chi connectivity index (χ0) is 17.3. The fourth-order valence-corrected chi connectivity index (χ4v) is 2.45. The summed E-state index contributed by atoms with van der Waals surface area (Å²) in [5.74, 6) is 0. The molecule has 6 heteroatoms. The number of hydrogen-bond acceptors (Lipinski definition) is 3. The average Bonchev–Trinajstić information content (AvgIpc) is 2.52. The summed E-state index contributed by atoms with van der Waals surface area (Å²) in [5, 5.41) is 20.9. The van der Waals surface area contributed by atoms with Crippen LogP contribution in [0.15, 0.2) is 0 Å². The number of aliphatic hydroxyl groups excluding tert-OH is 1. The molecule has 0 aromatic rings. The molecule has 0 bridgehead atoms. The Kier molecular flexibility index (Phi) is 23.6. The van der Waals surface area contributed by atoms with Crippen LogP contribution in [0.4, 0.5) is 4.79 Å². The van der Waals surface area contributed by atoms with Gasteiger partial charge in [-0.3, -0.25) is 0 Å². The number of likely N-dealkylation sites (N-methyl/N-ethyl adjacent to an activating group) is 1. The fraction of sp³-hybridized carbons (Fsp3) is 0.941. The highest BCUT2D eigenvalue weighted by Crippen LogP contribution is 2.04. The maximum atomic E-state index is 9.91. The molecule has 1 amide bonds. The van der Waals surface area contributed by atoms with Crippen LogP contribution in [0, 0.1) is 0 Å². The molecule has 0 rings (SSSR count). The van der Waals surface area contributed by atoms with Crippen LogP contribution in [-0.2, 0) is 0 Å². The molecule has 142 valence electrons. The summed E-state index contributed by atoms with van der Waals surface area (Å²) in [6, 6.07) is 0. The van der Waals surface area contributed by atoms with Crippen molar-refractivity contribution in [1.29, 1.82) is 0 Å². The molecule has 0 atom stereocenters. The predicted octanol–water partition coefficient (Wildman–Crippen LogP) is 2.71. The summed E-state index contributed by atoms with van der Waals surface area (Å²) in [5.41, 5.74) is 0. The van der Waals surface area contributed by atoms with Crippen molar-refractivity contribution in [3.8, 4) is 0 Å². The molecule has 2 N–H and O–H groups in total. The highest BCUT2D eigenvalue weighted by Gasteiger charge is 2.18. The maximum absolute atomic E-state index is 9.91. The van der Waals surface area contributed by atoms with E-state index in [9.17, 15) is 9.90 Å². The number of nitrogens with one attached hydrogen (secondary N) is 1. The molecule has 0 unspecified atom stereocenters. The summed E-state index contributed by atoms with van der Waals surface area (Å²) in [6.45, 7) is 13.9. The molecule has 0 fully saturated rings. The van der Waals surface area contributed by atoms with Crippen molar-refractivity contribution in [2.24, 2.45) is 0 Å². The highest BCUT2D eigenvalue weighted by molar-refractivity contribution is 8.93. The summed E-state index contributed by atoms with van der Waals surface area (Å²) in [7, 11) is 0. The quantitative estimate of drug-likeness (QED) is 0.392. The largest absolute Gasteiger partial charge is 0.530 e. The molecule has 0 spiro atoms. The summed E-state index contributed by atoms with van der Waals surface area (Å²) in [4.78, 5) is 9.91. The van der Waals surface area contributed by atoms with Crippen LogP contribution in [0.25, 0.3) is 0 Å². The number of carboxylic acid groups (broad SMARTS) is 1. The van der Waals surface area contributed by atoms with Crippen molar-refractivity contribution in [1.82, 2.24) is 5.32 Å². The molecule has 0 aromatic carbocycles. The first-order chi connectivity index (χ1) is 10.5. The number of quaternary nitrogens is 1.